The molecular formula is C21H24N6O3. The summed E-state index contributed by atoms with van der Waals surface area (Å²) >= 11 is 0. The molecule has 1 aromatic carbocycles. The van der Waals surface area contributed by atoms with E-state index in [-0.39, 0.29) is 5.91 Å². The molecule has 1 unspecified atom stereocenters. The molecule has 9 heteroatoms. The van der Waals surface area contributed by atoms with Crippen LogP contribution in [0.15, 0.2) is 36.8 Å². The zero-order valence-electron chi connectivity index (χ0n) is 17.0. The summed E-state index contributed by atoms with van der Waals surface area (Å²) in [5.74, 6) is 2.66. The predicted molar refractivity (Wildman–Crippen MR) is 109 cm³/mol. The Hall–Kier alpha value is -3.49. The number of rotatable bonds is 6. The molecule has 30 heavy (non-hydrogen) atoms. The van der Waals surface area contributed by atoms with Crippen LogP contribution >= 0.6 is 0 Å². The fourth-order valence-electron chi connectivity index (χ4n) is 3.68. The van der Waals surface area contributed by atoms with Crippen LogP contribution in [0.5, 0.6) is 11.5 Å². The van der Waals surface area contributed by atoms with Crippen molar-refractivity contribution in [2.24, 2.45) is 0 Å². The summed E-state index contributed by atoms with van der Waals surface area (Å²) in [7, 11) is 3.20. The molecule has 4 rings (SSSR count). The minimum atomic E-state index is -0.401. The van der Waals surface area contributed by atoms with Crippen molar-refractivity contribution in [3.8, 4) is 23.0 Å². The second-order valence-electron chi connectivity index (χ2n) is 7.10. The molecular weight excluding hydrogens is 384 g/mol. The van der Waals surface area contributed by atoms with Gasteiger partial charge in [-0.1, -0.05) is 6.42 Å². The summed E-state index contributed by atoms with van der Waals surface area (Å²) in [5.41, 5.74) is 1.50. The lowest BCUT2D eigenvalue weighted by molar-refractivity contribution is -0.124. The van der Waals surface area contributed by atoms with Gasteiger partial charge in [0.15, 0.2) is 5.82 Å². The highest BCUT2D eigenvalue weighted by atomic mass is 16.5. The van der Waals surface area contributed by atoms with E-state index in [4.69, 9.17) is 9.47 Å². The van der Waals surface area contributed by atoms with Crippen LogP contribution in [0.4, 0.5) is 0 Å². The molecule has 1 aliphatic rings. The molecule has 1 N–H and O–H groups in total. The third-order valence-electron chi connectivity index (χ3n) is 5.18. The molecule has 1 amide bonds. The maximum Gasteiger partial charge on any atom is 0.243 e. The number of amides is 1. The van der Waals surface area contributed by atoms with E-state index >= 15 is 0 Å². The van der Waals surface area contributed by atoms with Gasteiger partial charge in [0, 0.05) is 31.4 Å². The summed E-state index contributed by atoms with van der Waals surface area (Å²) in [6, 6.07) is 5.16. The van der Waals surface area contributed by atoms with Gasteiger partial charge in [-0.15, -0.1) is 10.2 Å². The Morgan fingerprint density at radius 1 is 1.13 bits per heavy atom. The Bertz CT molecular complexity index is 999. The van der Waals surface area contributed by atoms with Gasteiger partial charge in [-0.25, -0.2) is 4.98 Å². The van der Waals surface area contributed by atoms with E-state index < -0.39 is 6.04 Å². The van der Waals surface area contributed by atoms with E-state index in [2.05, 4.69) is 25.5 Å². The van der Waals surface area contributed by atoms with E-state index in [0.29, 0.717) is 36.0 Å². The molecule has 1 atom stereocenters. The average molecular weight is 408 g/mol. The van der Waals surface area contributed by atoms with Gasteiger partial charge in [0.05, 0.1) is 20.4 Å². The van der Waals surface area contributed by atoms with Crippen LogP contribution < -0.4 is 14.8 Å². The SMILES string of the molecule is COc1cc(CNC(=O)C2CCCCc3nnc(-c4cnccn4)n32)cc(OC)c1. The topological polar surface area (TPSA) is 104 Å². The lowest BCUT2D eigenvalue weighted by Crippen LogP contribution is -2.33. The fraction of sp³-hybridized carbons (Fsp3) is 0.381. The first-order chi connectivity index (χ1) is 14.7. The van der Waals surface area contributed by atoms with Gasteiger partial charge in [0.2, 0.25) is 5.91 Å². The number of hydrogen-bond donors (Lipinski definition) is 1. The van der Waals surface area contributed by atoms with Crippen molar-refractivity contribution in [3.63, 3.8) is 0 Å². The zero-order chi connectivity index (χ0) is 20.9. The lowest BCUT2D eigenvalue weighted by atomic mass is 10.1. The third kappa shape index (κ3) is 4.10. The Balaban J connectivity index is 1.58. The van der Waals surface area contributed by atoms with Crippen molar-refractivity contribution in [2.75, 3.05) is 14.2 Å². The quantitative estimate of drug-likeness (QED) is 0.667. The fourth-order valence-corrected chi connectivity index (χ4v) is 3.68. The van der Waals surface area contributed by atoms with Gasteiger partial charge in [0.1, 0.15) is 29.1 Å². The lowest BCUT2D eigenvalue weighted by Gasteiger charge is -2.19. The van der Waals surface area contributed by atoms with Crippen LogP contribution in [0, 0.1) is 0 Å². The zero-order valence-corrected chi connectivity index (χ0v) is 17.0. The standard InChI is InChI=1S/C21H24N6O3/c1-29-15-9-14(10-16(11-15)30-2)12-24-21(28)18-5-3-4-6-19-25-26-20(27(18)19)17-13-22-7-8-23-17/h7-11,13,18H,3-6,12H2,1-2H3,(H,24,28). The van der Waals surface area contributed by atoms with Gasteiger partial charge in [0.25, 0.3) is 0 Å². The van der Waals surface area contributed by atoms with Crippen LogP contribution in [-0.2, 0) is 17.8 Å². The van der Waals surface area contributed by atoms with Crippen LogP contribution in [0.25, 0.3) is 11.5 Å². The summed E-state index contributed by atoms with van der Waals surface area (Å²) in [6.45, 7) is 0.362. The van der Waals surface area contributed by atoms with Crippen molar-refractivity contribution in [1.82, 2.24) is 30.0 Å². The molecule has 0 spiro atoms. The molecule has 0 bridgehead atoms. The summed E-state index contributed by atoms with van der Waals surface area (Å²) in [6.07, 6.45) is 8.26. The van der Waals surface area contributed by atoms with E-state index in [1.54, 1.807) is 38.9 Å². The first kappa shape index (κ1) is 19.8. The largest absolute Gasteiger partial charge is 0.497 e. The molecule has 3 aromatic rings. The number of aromatic nitrogens is 5. The molecule has 0 fully saturated rings. The van der Waals surface area contributed by atoms with E-state index in [9.17, 15) is 4.79 Å². The number of nitrogens with zero attached hydrogens (tertiary/aromatic N) is 5. The van der Waals surface area contributed by atoms with Crippen molar-refractivity contribution >= 4 is 5.91 Å². The maximum atomic E-state index is 13.2. The molecule has 9 nitrogen and oxygen atoms in total. The highest BCUT2D eigenvalue weighted by Gasteiger charge is 2.29. The highest BCUT2D eigenvalue weighted by Crippen LogP contribution is 2.29. The van der Waals surface area contributed by atoms with Crippen LogP contribution in [0.2, 0.25) is 0 Å². The maximum absolute atomic E-state index is 13.2. The first-order valence-corrected chi connectivity index (χ1v) is 9.89. The van der Waals surface area contributed by atoms with Crippen LogP contribution in [0.3, 0.4) is 0 Å². The third-order valence-corrected chi connectivity index (χ3v) is 5.18. The Morgan fingerprint density at radius 3 is 2.63 bits per heavy atom. The number of fused-ring (bicyclic) bond motifs is 1. The molecule has 0 saturated carbocycles. The molecule has 0 radical (unpaired) electrons. The number of aryl methyl sites for hydroxylation is 1. The number of hydrogen-bond acceptors (Lipinski definition) is 7. The summed E-state index contributed by atoms with van der Waals surface area (Å²) in [4.78, 5) is 21.7. The van der Waals surface area contributed by atoms with Crippen molar-refractivity contribution in [2.45, 2.75) is 38.3 Å². The average Bonchev–Trinajstić information content (AvgIpc) is 3.09. The van der Waals surface area contributed by atoms with E-state index in [0.717, 1.165) is 30.7 Å². The van der Waals surface area contributed by atoms with Crippen molar-refractivity contribution in [3.05, 3.63) is 48.2 Å². The molecule has 2 aromatic heterocycles. The second-order valence-corrected chi connectivity index (χ2v) is 7.10. The van der Waals surface area contributed by atoms with Gasteiger partial charge in [-0.05, 0) is 30.5 Å². The summed E-state index contributed by atoms with van der Waals surface area (Å²) < 4.78 is 12.5. The number of carbonyl (C=O) groups excluding carboxylic acids is 1. The molecule has 0 saturated heterocycles. The number of ether oxygens (including phenoxy) is 2. The van der Waals surface area contributed by atoms with Gasteiger partial charge in [-0.2, -0.15) is 0 Å². The Morgan fingerprint density at radius 2 is 1.93 bits per heavy atom. The van der Waals surface area contributed by atoms with E-state index in [1.807, 2.05) is 16.7 Å². The van der Waals surface area contributed by atoms with Gasteiger partial charge >= 0.3 is 0 Å². The van der Waals surface area contributed by atoms with Crippen LogP contribution in [0.1, 0.15) is 36.7 Å². The number of benzene rings is 1. The number of methoxy groups -OCH3 is 2. The van der Waals surface area contributed by atoms with E-state index in [1.165, 1.54) is 0 Å². The molecule has 0 aliphatic carbocycles. The minimum Gasteiger partial charge on any atom is -0.497 e. The van der Waals surface area contributed by atoms with Crippen molar-refractivity contribution < 1.29 is 14.3 Å². The van der Waals surface area contributed by atoms with Crippen molar-refractivity contribution in [1.29, 1.82) is 0 Å². The normalized spacial score (nSPS) is 15.7. The minimum absolute atomic E-state index is 0.0788. The second kappa shape index (κ2) is 8.89. The summed E-state index contributed by atoms with van der Waals surface area (Å²) in [5, 5.41) is 11.7. The number of nitrogens with one attached hydrogen (secondary N) is 1. The molecule has 1 aliphatic heterocycles. The highest BCUT2D eigenvalue weighted by molar-refractivity contribution is 5.81. The monoisotopic (exact) mass is 408 g/mol. The predicted octanol–water partition coefficient (Wildman–Crippen LogP) is 2.34. The van der Waals surface area contributed by atoms with Gasteiger partial charge < -0.3 is 14.8 Å². The Kier molecular flexibility index (Phi) is 5.87. The Labute approximate surface area is 174 Å². The smallest absolute Gasteiger partial charge is 0.243 e. The molecule has 3 heterocycles. The van der Waals surface area contributed by atoms with Crippen LogP contribution in [-0.4, -0.2) is 44.9 Å². The molecule has 156 valence electrons. The van der Waals surface area contributed by atoms with Gasteiger partial charge in [-0.3, -0.25) is 14.3 Å². The first-order valence-electron chi connectivity index (χ1n) is 9.89. The number of carbonyl (C=O) groups is 1.